The lowest BCUT2D eigenvalue weighted by molar-refractivity contribution is -0.113. The van der Waals surface area contributed by atoms with E-state index in [-0.39, 0.29) is 16.4 Å². The fourth-order valence-corrected chi connectivity index (χ4v) is 3.99. The van der Waals surface area contributed by atoms with Crippen LogP contribution in [0.1, 0.15) is 26.3 Å². The number of rotatable bonds is 4. The molecule has 1 atom stereocenters. The SMILES string of the molecule is C[C@@H](Sc1ccccn1)C(=O)/C=C1/N(C)c2ccccc2C1(C)C. The standard InChI is InChI=1S/C20H22N2OS/c1-14(24-19-11-7-8-12-21-19)17(23)13-18-20(2,3)15-9-5-6-10-16(15)22(18)4/h5-14H,1-4H3/b18-13+/t14-/m1/s1. The first-order valence-electron chi connectivity index (χ1n) is 8.08. The van der Waals surface area contributed by atoms with Gasteiger partial charge in [-0.15, -0.1) is 0 Å². The molecule has 0 bridgehead atoms. The van der Waals surface area contributed by atoms with Crippen molar-refractivity contribution in [1.29, 1.82) is 0 Å². The van der Waals surface area contributed by atoms with Crippen LogP contribution < -0.4 is 4.90 Å². The van der Waals surface area contributed by atoms with Gasteiger partial charge in [0.25, 0.3) is 0 Å². The average molecular weight is 338 g/mol. The maximum absolute atomic E-state index is 12.7. The van der Waals surface area contributed by atoms with E-state index < -0.39 is 0 Å². The minimum Gasteiger partial charge on any atom is -0.347 e. The van der Waals surface area contributed by atoms with Crippen molar-refractivity contribution in [2.45, 2.75) is 36.5 Å². The molecule has 1 aromatic heterocycles. The summed E-state index contributed by atoms with van der Waals surface area (Å²) in [6.45, 7) is 6.28. The number of nitrogens with zero attached hydrogens (tertiary/aromatic N) is 2. The van der Waals surface area contributed by atoms with Crippen molar-refractivity contribution in [2.75, 3.05) is 11.9 Å². The summed E-state index contributed by atoms with van der Waals surface area (Å²) < 4.78 is 0. The Balaban J connectivity index is 1.84. The molecule has 1 aliphatic rings. The highest BCUT2D eigenvalue weighted by atomic mass is 32.2. The van der Waals surface area contributed by atoms with E-state index in [2.05, 4.69) is 41.9 Å². The average Bonchev–Trinajstić information content (AvgIpc) is 2.77. The number of benzene rings is 1. The number of thioether (sulfide) groups is 1. The maximum Gasteiger partial charge on any atom is 0.170 e. The molecule has 0 saturated heterocycles. The highest BCUT2D eigenvalue weighted by molar-refractivity contribution is 8.00. The molecule has 0 N–H and O–H groups in total. The Labute approximate surface area is 147 Å². The molecular weight excluding hydrogens is 316 g/mol. The molecule has 0 spiro atoms. The molecule has 3 nitrogen and oxygen atoms in total. The number of carbonyl (C=O) groups excluding carboxylic acids is 1. The minimum absolute atomic E-state index is 0.119. The number of anilines is 1. The van der Waals surface area contributed by atoms with Crippen LogP contribution in [-0.4, -0.2) is 23.1 Å². The van der Waals surface area contributed by atoms with E-state index in [0.717, 1.165) is 10.7 Å². The van der Waals surface area contributed by atoms with Crippen molar-refractivity contribution in [2.24, 2.45) is 0 Å². The summed E-state index contributed by atoms with van der Waals surface area (Å²) >= 11 is 1.50. The molecule has 4 heteroatoms. The van der Waals surface area contributed by atoms with Gasteiger partial charge < -0.3 is 4.90 Å². The number of hydrogen-bond acceptors (Lipinski definition) is 4. The van der Waals surface area contributed by atoms with Crippen LogP contribution in [0.15, 0.2) is 65.5 Å². The lowest BCUT2D eigenvalue weighted by atomic mass is 9.83. The van der Waals surface area contributed by atoms with Crippen LogP contribution in [-0.2, 0) is 10.2 Å². The van der Waals surface area contributed by atoms with Gasteiger partial charge in [0.2, 0.25) is 0 Å². The molecule has 3 rings (SSSR count). The summed E-state index contributed by atoms with van der Waals surface area (Å²) in [5, 5.41) is 0.708. The van der Waals surface area contributed by atoms with E-state index in [0.29, 0.717) is 0 Å². The number of aromatic nitrogens is 1. The summed E-state index contributed by atoms with van der Waals surface area (Å²) in [6.07, 6.45) is 3.56. The number of allylic oxidation sites excluding steroid dienone is 2. The van der Waals surface area contributed by atoms with Crippen LogP contribution in [0.4, 0.5) is 5.69 Å². The third-order valence-electron chi connectivity index (χ3n) is 4.56. The van der Waals surface area contributed by atoms with Crippen LogP contribution in [0.2, 0.25) is 0 Å². The summed E-state index contributed by atoms with van der Waals surface area (Å²) in [7, 11) is 2.03. The van der Waals surface area contributed by atoms with Crippen molar-refractivity contribution in [3.63, 3.8) is 0 Å². The molecule has 24 heavy (non-hydrogen) atoms. The zero-order valence-corrected chi connectivity index (χ0v) is 15.3. The fraction of sp³-hybridized carbons (Fsp3) is 0.300. The topological polar surface area (TPSA) is 33.2 Å². The second-order valence-corrected chi connectivity index (χ2v) is 7.92. The van der Waals surface area contributed by atoms with Crippen LogP contribution in [0.25, 0.3) is 0 Å². The lowest BCUT2D eigenvalue weighted by Gasteiger charge is -2.24. The Morgan fingerprint density at radius 2 is 1.92 bits per heavy atom. The second kappa shape index (κ2) is 6.44. The van der Waals surface area contributed by atoms with E-state index in [1.807, 2.05) is 38.2 Å². The Hall–Kier alpha value is -2.07. The van der Waals surface area contributed by atoms with Gasteiger partial charge in [0.15, 0.2) is 5.78 Å². The zero-order chi connectivity index (χ0) is 17.3. The molecule has 0 fully saturated rings. The molecule has 0 aliphatic carbocycles. The first-order valence-corrected chi connectivity index (χ1v) is 8.96. The predicted octanol–water partition coefficient (Wildman–Crippen LogP) is 4.44. The first-order chi connectivity index (χ1) is 11.4. The second-order valence-electron chi connectivity index (χ2n) is 6.56. The van der Waals surface area contributed by atoms with E-state index in [4.69, 9.17) is 0 Å². The molecule has 1 aliphatic heterocycles. The number of ketones is 1. The number of hydrogen-bond donors (Lipinski definition) is 0. The van der Waals surface area contributed by atoms with Gasteiger partial charge in [-0.1, -0.05) is 49.9 Å². The number of para-hydroxylation sites is 1. The van der Waals surface area contributed by atoms with Gasteiger partial charge in [-0.2, -0.15) is 0 Å². The Kier molecular flexibility index (Phi) is 4.50. The number of carbonyl (C=O) groups is 1. The Morgan fingerprint density at radius 3 is 2.58 bits per heavy atom. The zero-order valence-electron chi connectivity index (χ0n) is 14.5. The first kappa shape index (κ1) is 16.8. The van der Waals surface area contributed by atoms with E-state index in [9.17, 15) is 4.79 Å². The van der Waals surface area contributed by atoms with Crippen molar-refractivity contribution in [1.82, 2.24) is 4.98 Å². The number of likely N-dealkylation sites (N-methyl/N-ethyl adjacent to an activating group) is 1. The molecule has 1 aromatic carbocycles. The van der Waals surface area contributed by atoms with Crippen molar-refractivity contribution < 1.29 is 4.79 Å². The Morgan fingerprint density at radius 1 is 1.21 bits per heavy atom. The van der Waals surface area contributed by atoms with Crippen molar-refractivity contribution in [3.8, 4) is 0 Å². The molecule has 124 valence electrons. The minimum atomic E-state index is -0.170. The molecule has 0 radical (unpaired) electrons. The predicted molar refractivity (Wildman–Crippen MR) is 101 cm³/mol. The molecule has 0 saturated carbocycles. The van der Waals surface area contributed by atoms with Gasteiger partial charge in [0.05, 0.1) is 10.3 Å². The molecular formula is C20H22N2OS. The van der Waals surface area contributed by atoms with E-state index in [1.54, 1.807) is 12.3 Å². The third-order valence-corrected chi connectivity index (χ3v) is 5.62. The molecule has 0 amide bonds. The Bertz CT molecular complexity index is 783. The maximum atomic E-state index is 12.7. The largest absolute Gasteiger partial charge is 0.347 e. The molecule has 0 unspecified atom stereocenters. The summed E-state index contributed by atoms with van der Waals surface area (Å²) in [6, 6.07) is 14.1. The summed E-state index contributed by atoms with van der Waals surface area (Å²) in [4.78, 5) is 19.2. The summed E-state index contributed by atoms with van der Waals surface area (Å²) in [5.74, 6) is 0.119. The van der Waals surface area contributed by atoms with E-state index >= 15 is 0 Å². The van der Waals surface area contributed by atoms with Crippen molar-refractivity contribution >= 4 is 23.2 Å². The van der Waals surface area contributed by atoms with Crippen LogP contribution >= 0.6 is 11.8 Å². The quantitative estimate of drug-likeness (QED) is 0.609. The van der Waals surface area contributed by atoms with Crippen LogP contribution in [0, 0.1) is 0 Å². The van der Waals surface area contributed by atoms with Crippen LogP contribution in [0.3, 0.4) is 0 Å². The highest BCUT2D eigenvalue weighted by Crippen LogP contribution is 2.46. The normalized spacial score (nSPS) is 18.5. The number of fused-ring (bicyclic) bond motifs is 1. The van der Waals surface area contributed by atoms with Gasteiger partial charge in [-0.3, -0.25) is 4.79 Å². The van der Waals surface area contributed by atoms with Gasteiger partial charge in [-0.05, 0) is 30.7 Å². The number of pyridine rings is 1. The van der Waals surface area contributed by atoms with Gasteiger partial charge in [-0.25, -0.2) is 4.98 Å². The van der Waals surface area contributed by atoms with Gasteiger partial charge >= 0.3 is 0 Å². The highest BCUT2D eigenvalue weighted by Gasteiger charge is 2.38. The van der Waals surface area contributed by atoms with Crippen molar-refractivity contribution in [3.05, 3.63) is 66.0 Å². The monoisotopic (exact) mass is 338 g/mol. The van der Waals surface area contributed by atoms with Gasteiger partial charge in [0, 0.05) is 36.1 Å². The van der Waals surface area contributed by atoms with Crippen LogP contribution in [0.5, 0.6) is 0 Å². The smallest absolute Gasteiger partial charge is 0.170 e. The third kappa shape index (κ3) is 2.98. The molecule has 2 heterocycles. The van der Waals surface area contributed by atoms with Gasteiger partial charge in [0.1, 0.15) is 0 Å². The fourth-order valence-electron chi connectivity index (χ4n) is 3.17. The summed E-state index contributed by atoms with van der Waals surface area (Å²) in [5.41, 5.74) is 3.31. The lowest BCUT2D eigenvalue weighted by Crippen LogP contribution is -2.25. The molecule has 2 aromatic rings. The van der Waals surface area contributed by atoms with E-state index in [1.165, 1.54) is 23.0 Å².